The van der Waals surface area contributed by atoms with E-state index >= 15 is 0 Å². The van der Waals surface area contributed by atoms with Gasteiger partial charge in [-0.15, -0.1) is 0 Å². The van der Waals surface area contributed by atoms with Crippen LogP contribution in [0.2, 0.25) is 5.02 Å². The average molecular weight is 341 g/mol. The van der Waals surface area contributed by atoms with Gasteiger partial charge in [-0.2, -0.15) is 4.98 Å². The van der Waals surface area contributed by atoms with Gasteiger partial charge in [0.2, 0.25) is 5.89 Å². The molecule has 0 bridgehead atoms. The maximum Gasteiger partial charge on any atom is 0.230 e. The van der Waals surface area contributed by atoms with Crippen LogP contribution < -0.4 is 10.1 Å². The maximum absolute atomic E-state index is 13.0. The molecule has 0 amide bonds. The molecule has 0 aliphatic carbocycles. The lowest BCUT2D eigenvalue weighted by Crippen LogP contribution is -2.44. The third kappa shape index (κ3) is 3.99. The van der Waals surface area contributed by atoms with E-state index in [9.17, 15) is 4.39 Å². The molecule has 0 radical (unpaired) electrons. The Balaban J connectivity index is 1.55. The molecule has 6 nitrogen and oxygen atoms in total. The van der Waals surface area contributed by atoms with Gasteiger partial charge in [-0.1, -0.05) is 16.8 Å². The van der Waals surface area contributed by atoms with Crippen LogP contribution in [0.3, 0.4) is 0 Å². The molecule has 1 aliphatic heterocycles. The molecule has 2 aromatic rings. The molecule has 1 N–H and O–H groups in total. The number of piperazine rings is 1. The molecular weight excluding hydrogens is 323 g/mol. The number of nitrogens with zero attached hydrogens (tertiary/aromatic N) is 3. The molecule has 23 heavy (non-hydrogen) atoms. The molecular formula is C15H18ClFN4O2. The zero-order chi connectivity index (χ0) is 16.2. The molecule has 1 aromatic carbocycles. The molecule has 1 atom stereocenters. The van der Waals surface area contributed by atoms with E-state index in [2.05, 4.69) is 20.4 Å². The highest BCUT2D eigenvalue weighted by molar-refractivity contribution is 6.32. The summed E-state index contributed by atoms with van der Waals surface area (Å²) in [6.07, 6.45) is 0.463. The summed E-state index contributed by atoms with van der Waals surface area (Å²) in [7, 11) is 2.04. The largest absolute Gasteiger partial charge is 0.491 e. The molecule has 3 rings (SSSR count). The van der Waals surface area contributed by atoms with Crippen molar-refractivity contribution < 1.29 is 13.7 Å². The number of halogens is 2. The van der Waals surface area contributed by atoms with E-state index in [1.165, 1.54) is 18.2 Å². The Bertz CT molecular complexity index is 667. The summed E-state index contributed by atoms with van der Waals surface area (Å²) < 4.78 is 23.8. The average Bonchev–Trinajstić information content (AvgIpc) is 2.98. The zero-order valence-corrected chi connectivity index (χ0v) is 13.5. The molecule has 1 saturated heterocycles. The number of benzene rings is 1. The second-order valence-corrected chi connectivity index (χ2v) is 5.83. The second kappa shape index (κ2) is 7.25. The van der Waals surface area contributed by atoms with Crippen LogP contribution in [-0.4, -0.2) is 48.3 Å². The fourth-order valence-electron chi connectivity index (χ4n) is 2.44. The van der Waals surface area contributed by atoms with E-state index in [1.54, 1.807) is 0 Å². The Labute approximate surface area is 138 Å². The summed E-state index contributed by atoms with van der Waals surface area (Å²) in [4.78, 5) is 6.61. The first-order valence-electron chi connectivity index (χ1n) is 7.45. The van der Waals surface area contributed by atoms with Crippen molar-refractivity contribution in [2.24, 2.45) is 0 Å². The Hall–Kier alpha value is -1.70. The second-order valence-electron chi connectivity index (χ2n) is 5.42. The normalized spacial score (nSPS) is 19.0. The minimum atomic E-state index is -0.394. The standard InChI is InChI=1S/C15H18ClFN4O2/c1-21-6-5-18-9-12(21)15-19-14(23-20-15)4-7-22-13-3-2-10(17)8-11(13)16/h2-3,8,12,18H,4-7,9H2,1H3. The summed E-state index contributed by atoms with van der Waals surface area (Å²) in [6.45, 7) is 3.04. The van der Waals surface area contributed by atoms with Crippen LogP contribution >= 0.6 is 11.6 Å². The van der Waals surface area contributed by atoms with Gasteiger partial charge in [0.25, 0.3) is 0 Å². The number of ether oxygens (including phenoxy) is 1. The lowest BCUT2D eigenvalue weighted by Gasteiger charge is -2.30. The van der Waals surface area contributed by atoms with E-state index < -0.39 is 5.82 Å². The van der Waals surface area contributed by atoms with E-state index in [1.807, 2.05) is 7.05 Å². The van der Waals surface area contributed by atoms with E-state index in [0.717, 1.165) is 19.6 Å². The van der Waals surface area contributed by atoms with Crippen molar-refractivity contribution in [1.29, 1.82) is 0 Å². The summed E-state index contributed by atoms with van der Waals surface area (Å²) in [6, 6.07) is 4.14. The first-order chi connectivity index (χ1) is 11.1. The highest BCUT2D eigenvalue weighted by Gasteiger charge is 2.25. The van der Waals surface area contributed by atoms with E-state index in [0.29, 0.717) is 30.5 Å². The van der Waals surface area contributed by atoms with Gasteiger partial charge in [0.05, 0.1) is 24.1 Å². The van der Waals surface area contributed by atoms with Crippen LogP contribution in [0.25, 0.3) is 0 Å². The molecule has 1 fully saturated rings. The minimum Gasteiger partial charge on any atom is -0.491 e. The number of hydrogen-bond acceptors (Lipinski definition) is 6. The van der Waals surface area contributed by atoms with Crippen molar-refractivity contribution >= 4 is 11.6 Å². The maximum atomic E-state index is 13.0. The Morgan fingerprint density at radius 2 is 2.39 bits per heavy atom. The molecule has 1 aromatic heterocycles. The van der Waals surface area contributed by atoms with Crippen molar-refractivity contribution in [2.45, 2.75) is 12.5 Å². The molecule has 1 unspecified atom stereocenters. The van der Waals surface area contributed by atoms with Crippen molar-refractivity contribution in [3.8, 4) is 5.75 Å². The zero-order valence-electron chi connectivity index (χ0n) is 12.8. The number of nitrogens with one attached hydrogen (secondary N) is 1. The van der Waals surface area contributed by atoms with Gasteiger partial charge in [0.15, 0.2) is 5.82 Å². The van der Waals surface area contributed by atoms with E-state index in [-0.39, 0.29) is 11.1 Å². The first kappa shape index (κ1) is 16.2. The number of rotatable bonds is 5. The van der Waals surface area contributed by atoms with Crippen molar-refractivity contribution in [1.82, 2.24) is 20.4 Å². The Morgan fingerprint density at radius 1 is 1.52 bits per heavy atom. The quantitative estimate of drug-likeness (QED) is 0.899. The summed E-state index contributed by atoms with van der Waals surface area (Å²) in [5.74, 6) is 1.23. The van der Waals surface area contributed by atoms with Gasteiger partial charge >= 0.3 is 0 Å². The number of aromatic nitrogens is 2. The first-order valence-corrected chi connectivity index (χ1v) is 7.82. The predicted octanol–water partition coefficient (Wildman–Crippen LogP) is 2.06. The van der Waals surface area contributed by atoms with Crippen LogP contribution in [0.15, 0.2) is 22.7 Å². The molecule has 124 valence electrons. The topological polar surface area (TPSA) is 63.4 Å². The lowest BCUT2D eigenvalue weighted by molar-refractivity contribution is 0.190. The highest BCUT2D eigenvalue weighted by atomic mass is 35.5. The fourth-order valence-corrected chi connectivity index (χ4v) is 2.66. The summed E-state index contributed by atoms with van der Waals surface area (Å²) >= 11 is 5.90. The molecule has 0 spiro atoms. The van der Waals surface area contributed by atoms with Gasteiger partial charge in [0, 0.05) is 19.6 Å². The third-order valence-electron chi connectivity index (χ3n) is 3.76. The predicted molar refractivity (Wildman–Crippen MR) is 83.1 cm³/mol. The van der Waals surface area contributed by atoms with Crippen molar-refractivity contribution in [3.05, 3.63) is 40.8 Å². The van der Waals surface area contributed by atoms with Gasteiger partial charge in [0.1, 0.15) is 11.6 Å². The van der Waals surface area contributed by atoms with E-state index in [4.69, 9.17) is 20.9 Å². The highest BCUT2D eigenvalue weighted by Crippen LogP contribution is 2.25. The van der Waals surface area contributed by atoms with Gasteiger partial charge in [-0.05, 0) is 25.2 Å². The monoisotopic (exact) mass is 340 g/mol. The van der Waals surface area contributed by atoms with Crippen LogP contribution in [0.5, 0.6) is 5.75 Å². The summed E-state index contributed by atoms with van der Waals surface area (Å²) in [5, 5.41) is 7.60. The third-order valence-corrected chi connectivity index (χ3v) is 4.06. The molecule has 8 heteroatoms. The molecule has 1 aliphatic rings. The smallest absolute Gasteiger partial charge is 0.230 e. The van der Waals surface area contributed by atoms with Gasteiger partial charge in [-0.3, -0.25) is 4.90 Å². The van der Waals surface area contributed by atoms with Gasteiger partial charge in [-0.25, -0.2) is 4.39 Å². The Morgan fingerprint density at radius 3 is 3.17 bits per heavy atom. The number of likely N-dealkylation sites (N-methyl/N-ethyl adjacent to an activating group) is 1. The number of hydrogen-bond donors (Lipinski definition) is 1. The summed E-state index contributed by atoms with van der Waals surface area (Å²) in [5.41, 5.74) is 0. The van der Waals surface area contributed by atoms with Crippen LogP contribution in [0.4, 0.5) is 4.39 Å². The SMILES string of the molecule is CN1CCNCC1c1noc(CCOc2ccc(F)cc2Cl)n1. The van der Waals surface area contributed by atoms with Gasteiger partial charge < -0.3 is 14.6 Å². The molecule has 0 saturated carbocycles. The molecule has 2 heterocycles. The van der Waals surface area contributed by atoms with Crippen molar-refractivity contribution in [2.75, 3.05) is 33.3 Å². The fraction of sp³-hybridized carbons (Fsp3) is 0.467. The van der Waals surface area contributed by atoms with Crippen LogP contribution in [0, 0.1) is 5.82 Å². The van der Waals surface area contributed by atoms with Crippen LogP contribution in [0.1, 0.15) is 17.8 Å². The minimum absolute atomic E-state index is 0.119. The lowest BCUT2D eigenvalue weighted by atomic mass is 10.2. The Kier molecular flexibility index (Phi) is 5.09. The van der Waals surface area contributed by atoms with Crippen molar-refractivity contribution in [3.63, 3.8) is 0 Å². The van der Waals surface area contributed by atoms with Crippen LogP contribution in [-0.2, 0) is 6.42 Å².